The summed E-state index contributed by atoms with van der Waals surface area (Å²) >= 11 is 0. The van der Waals surface area contributed by atoms with Crippen molar-refractivity contribution < 1.29 is 24.3 Å². The van der Waals surface area contributed by atoms with Gasteiger partial charge in [0.1, 0.15) is 18.5 Å². The number of aliphatic hydroxyl groups is 1. The summed E-state index contributed by atoms with van der Waals surface area (Å²) < 4.78 is 16.2. The molecule has 1 aromatic rings. The second-order valence-electron chi connectivity index (χ2n) is 6.37. The minimum absolute atomic E-state index is 0.214. The molecule has 1 aliphatic heterocycles. The number of hydrogen-bond acceptors (Lipinski definition) is 5. The first-order valence-corrected chi connectivity index (χ1v) is 7.12. The quantitative estimate of drug-likeness (QED) is 0.572. The van der Waals surface area contributed by atoms with Crippen LogP contribution in [0.2, 0.25) is 0 Å². The van der Waals surface area contributed by atoms with E-state index in [-0.39, 0.29) is 6.10 Å². The Hall–Kier alpha value is -1.08. The second kappa shape index (κ2) is 5.97. The molecule has 116 valence electrons. The Morgan fingerprint density at radius 3 is 2.29 bits per heavy atom. The van der Waals surface area contributed by atoms with Gasteiger partial charge < -0.3 is 24.3 Å². The molecule has 1 fully saturated rings. The van der Waals surface area contributed by atoms with Crippen molar-refractivity contribution in [2.24, 2.45) is 0 Å². The third kappa shape index (κ3) is 4.44. The van der Waals surface area contributed by atoms with E-state index in [4.69, 9.17) is 14.1 Å². The van der Waals surface area contributed by atoms with Crippen molar-refractivity contribution in [1.29, 1.82) is 0 Å². The van der Waals surface area contributed by atoms with E-state index in [9.17, 15) is 10.1 Å². The van der Waals surface area contributed by atoms with Crippen LogP contribution < -0.4 is 10.2 Å². The molecule has 0 spiro atoms. The zero-order chi connectivity index (χ0) is 15.7. The van der Waals surface area contributed by atoms with Crippen molar-refractivity contribution in [3.8, 4) is 5.75 Å². The van der Waals surface area contributed by atoms with Crippen LogP contribution in [0.1, 0.15) is 27.7 Å². The largest absolute Gasteiger partial charge is 0.491 e. The molecule has 2 N–H and O–H groups in total. The fraction of sp³-hybridized carbons (Fsp3) is 0.600. The maximum absolute atomic E-state index is 10.1. The average Bonchev–Trinajstić information content (AvgIpc) is 3.19. The Labute approximate surface area is 126 Å². The van der Waals surface area contributed by atoms with Crippen LogP contribution in [0, 0.1) is 0 Å². The summed E-state index contributed by atoms with van der Waals surface area (Å²) in [5.41, 5.74) is -1.34. The zero-order valence-corrected chi connectivity index (χ0v) is 13.0. The van der Waals surface area contributed by atoms with E-state index in [0.717, 1.165) is 12.4 Å². The lowest BCUT2D eigenvalue weighted by molar-refractivity contribution is -0.0982. The van der Waals surface area contributed by atoms with Gasteiger partial charge in [0, 0.05) is 0 Å². The molecule has 1 atom stereocenters. The van der Waals surface area contributed by atoms with E-state index in [0.29, 0.717) is 12.1 Å². The molecule has 0 bridgehead atoms. The third-order valence-electron chi connectivity index (χ3n) is 3.88. The van der Waals surface area contributed by atoms with Crippen LogP contribution in [0.4, 0.5) is 0 Å². The molecule has 1 saturated heterocycles. The van der Waals surface area contributed by atoms with Crippen LogP contribution in [-0.2, 0) is 9.39 Å². The molecule has 5 nitrogen and oxygen atoms in total. The first-order valence-electron chi connectivity index (χ1n) is 7.12. The molecule has 1 heterocycles. The lowest BCUT2D eigenvalue weighted by Gasteiger charge is -2.38. The first kappa shape index (κ1) is 16.3. The zero-order valence-electron chi connectivity index (χ0n) is 13.0. The summed E-state index contributed by atoms with van der Waals surface area (Å²) in [7, 11) is -1.10. The Kier molecular flexibility index (Phi) is 4.63. The van der Waals surface area contributed by atoms with E-state index in [1.165, 1.54) is 0 Å². The fourth-order valence-electron chi connectivity index (χ4n) is 1.57. The summed E-state index contributed by atoms with van der Waals surface area (Å²) in [6, 6.07) is 7.05. The minimum atomic E-state index is -1.10. The molecule has 0 radical (unpaired) electrons. The van der Waals surface area contributed by atoms with Crippen LogP contribution in [0.15, 0.2) is 24.3 Å². The van der Waals surface area contributed by atoms with Crippen LogP contribution in [0.5, 0.6) is 5.75 Å². The Balaban J connectivity index is 1.94. The number of benzene rings is 1. The molecular formula is C15H23BO5. The van der Waals surface area contributed by atoms with Crippen molar-refractivity contribution >= 4 is 12.6 Å². The molecule has 21 heavy (non-hydrogen) atoms. The van der Waals surface area contributed by atoms with Gasteiger partial charge in [0.05, 0.1) is 17.8 Å². The predicted octanol–water partition coefficient (Wildman–Crippen LogP) is 0.718. The van der Waals surface area contributed by atoms with E-state index in [1.807, 2.05) is 0 Å². The van der Waals surface area contributed by atoms with E-state index < -0.39 is 18.3 Å². The van der Waals surface area contributed by atoms with Gasteiger partial charge in [0.25, 0.3) is 0 Å². The number of epoxide rings is 1. The summed E-state index contributed by atoms with van der Waals surface area (Å²) in [5.74, 6) is 0.725. The van der Waals surface area contributed by atoms with Crippen molar-refractivity contribution in [3.63, 3.8) is 0 Å². The van der Waals surface area contributed by atoms with Gasteiger partial charge in [0.2, 0.25) is 0 Å². The summed E-state index contributed by atoms with van der Waals surface area (Å²) in [4.78, 5) is 0. The number of hydrogen-bond donors (Lipinski definition) is 2. The maximum Gasteiger partial charge on any atom is 0.491 e. The second-order valence-corrected chi connectivity index (χ2v) is 6.37. The van der Waals surface area contributed by atoms with Gasteiger partial charge in [-0.3, -0.25) is 0 Å². The molecule has 1 aliphatic rings. The van der Waals surface area contributed by atoms with Crippen molar-refractivity contribution in [2.75, 3.05) is 13.2 Å². The normalized spacial score (nSPS) is 18.5. The van der Waals surface area contributed by atoms with Gasteiger partial charge in [-0.1, -0.05) is 12.1 Å². The number of rotatable bonds is 7. The van der Waals surface area contributed by atoms with Crippen molar-refractivity contribution in [1.82, 2.24) is 0 Å². The monoisotopic (exact) mass is 294 g/mol. The van der Waals surface area contributed by atoms with Crippen LogP contribution in [0.3, 0.4) is 0 Å². The Morgan fingerprint density at radius 2 is 1.81 bits per heavy atom. The van der Waals surface area contributed by atoms with Crippen molar-refractivity contribution in [2.45, 2.75) is 45.0 Å². The highest BCUT2D eigenvalue weighted by Crippen LogP contribution is 2.25. The van der Waals surface area contributed by atoms with Gasteiger partial charge in [0.15, 0.2) is 0 Å². The molecule has 0 aliphatic carbocycles. The standard InChI is InChI=1S/C15H23BO5/c1-14(2,17)15(3,4)21-16(18)11-5-7-12(8-6-11)19-9-13-10-20-13/h5-8,13,17-18H,9-10H2,1-4H3/t13-/m1/s1. The average molecular weight is 294 g/mol. The van der Waals surface area contributed by atoms with Gasteiger partial charge in [-0.05, 0) is 45.3 Å². The van der Waals surface area contributed by atoms with Crippen LogP contribution >= 0.6 is 0 Å². The van der Waals surface area contributed by atoms with Gasteiger partial charge in [-0.25, -0.2) is 0 Å². The maximum atomic E-state index is 10.1. The lowest BCUT2D eigenvalue weighted by Crippen LogP contribution is -2.53. The van der Waals surface area contributed by atoms with Gasteiger partial charge in [-0.15, -0.1) is 0 Å². The van der Waals surface area contributed by atoms with E-state index in [2.05, 4.69) is 0 Å². The van der Waals surface area contributed by atoms with Crippen LogP contribution in [0.25, 0.3) is 0 Å². The highest BCUT2D eigenvalue weighted by Gasteiger charge is 2.39. The molecule has 6 heteroatoms. The lowest BCUT2D eigenvalue weighted by atomic mass is 9.76. The van der Waals surface area contributed by atoms with Crippen molar-refractivity contribution in [3.05, 3.63) is 24.3 Å². The van der Waals surface area contributed by atoms with E-state index >= 15 is 0 Å². The highest BCUT2D eigenvalue weighted by atomic mass is 16.6. The summed E-state index contributed by atoms with van der Waals surface area (Å²) in [5, 5.41) is 20.2. The van der Waals surface area contributed by atoms with E-state index in [1.54, 1.807) is 52.0 Å². The smallest absolute Gasteiger partial charge is 0.491 e. The fourth-order valence-corrected chi connectivity index (χ4v) is 1.57. The summed E-state index contributed by atoms with van der Waals surface area (Å²) in [6.45, 7) is 8.08. The first-order chi connectivity index (χ1) is 9.69. The SMILES string of the molecule is CC(C)(O)C(C)(C)OB(O)c1ccc(OC[C@@H]2CO2)cc1. The Morgan fingerprint density at radius 1 is 1.24 bits per heavy atom. The van der Waals surface area contributed by atoms with Gasteiger partial charge >= 0.3 is 7.12 Å². The topological polar surface area (TPSA) is 71.5 Å². The Bertz CT molecular complexity index is 462. The van der Waals surface area contributed by atoms with Gasteiger partial charge in [-0.2, -0.15) is 0 Å². The third-order valence-corrected chi connectivity index (χ3v) is 3.88. The highest BCUT2D eigenvalue weighted by molar-refractivity contribution is 6.60. The number of ether oxygens (including phenoxy) is 2. The molecule has 0 unspecified atom stereocenters. The molecular weight excluding hydrogens is 271 g/mol. The summed E-state index contributed by atoms with van der Waals surface area (Å²) in [6.07, 6.45) is 0.214. The van der Waals surface area contributed by atoms with Crippen LogP contribution in [-0.4, -0.2) is 47.8 Å². The molecule has 0 saturated carbocycles. The predicted molar refractivity (Wildman–Crippen MR) is 80.7 cm³/mol. The molecule has 0 amide bonds. The molecule has 0 aromatic heterocycles. The minimum Gasteiger partial charge on any atom is -0.491 e. The molecule has 1 aromatic carbocycles. The molecule has 2 rings (SSSR count).